The molecule has 2 aromatic carbocycles. The van der Waals surface area contributed by atoms with Crippen LogP contribution in [-0.2, 0) is 11.4 Å². The number of aryl methyl sites for hydroxylation is 2. The normalized spacial score (nSPS) is 11.4. The minimum atomic E-state index is 0.274. The second-order valence-electron chi connectivity index (χ2n) is 4.94. The van der Waals surface area contributed by atoms with Gasteiger partial charge in [0.2, 0.25) is 0 Å². The Balaban J connectivity index is 2.00. The van der Waals surface area contributed by atoms with Crippen molar-refractivity contribution in [3.8, 4) is 5.75 Å². The molecule has 20 heavy (non-hydrogen) atoms. The molecule has 0 radical (unpaired) electrons. The van der Waals surface area contributed by atoms with E-state index in [-0.39, 0.29) is 5.75 Å². The van der Waals surface area contributed by atoms with E-state index >= 15 is 0 Å². The Morgan fingerprint density at radius 3 is 2.45 bits per heavy atom. The van der Waals surface area contributed by atoms with Gasteiger partial charge < -0.3 is 9.94 Å². The van der Waals surface area contributed by atoms with Crippen molar-refractivity contribution in [3.05, 3.63) is 64.7 Å². The van der Waals surface area contributed by atoms with Gasteiger partial charge in [0.25, 0.3) is 0 Å². The van der Waals surface area contributed by atoms with E-state index in [0.717, 1.165) is 22.4 Å². The third-order valence-electron chi connectivity index (χ3n) is 3.18. The van der Waals surface area contributed by atoms with Crippen molar-refractivity contribution < 1.29 is 9.94 Å². The SMILES string of the molecule is C/C(=N\OCc1ccc(C)cc1)c1ccc(C)c(O)c1. The molecule has 0 atom stereocenters. The molecule has 0 aliphatic heterocycles. The molecule has 1 N–H and O–H groups in total. The monoisotopic (exact) mass is 269 g/mol. The molecule has 0 aliphatic carbocycles. The summed E-state index contributed by atoms with van der Waals surface area (Å²) in [5.74, 6) is 0.274. The van der Waals surface area contributed by atoms with E-state index in [1.165, 1.54) is 5.56 Å². The average molecular weight is 269 g/mol. The molecule has 0 aliphatic rings. The van der Waals surface area contributed by atoms with Gasteiger partial charge in [-0.25, -0.2) is 0 Å². The summed E-state index contributed by atoms with van der Waals surface area (Å²) in [6.45, 7) is 6.21. The molecule has 2 aromatic rings. The number of oxime groups is 1. The number of rotatable bonds is 4. The number of phenols is 1. The molecule has 0 unspecified atom stereocenters. The minimum absolute atomic E-state index is 0.274. The first kappa shape index (κ1) is 14.1. The van der Waals surface area contributed by atoms with Crippen molar-refractivity contribution in [2.24, 2.45) is 5.16 Å². The number of phenolic OH excluding ortho intramolecular Hbond substituents is 1. The molecule has 3 nitrogen and oxygen atoms in total. The maximum atomic E-state index is 9.68. The highest BCUT2D eigenvalue weighted by Gasteiger charge is 2.02. The molecule has 0 saturated carbocycles. The predicted molar refractivity (Wildman–Crippen MR) is 81.0 cm³/mol. The molecule has 0 bridgehead atoms. The summed E-state index contributed by atoms with van der Waals surface area (Å²) in [6, 6.07) is 13.6. The van der Waals surface area contributed by atoms with Crippen LogP contribution in [0.2, 0.25) is 0 Å². The molecular weight excluding hydrogens is 250 g/mol. The molecule has 0 aromatic heterocycles. The van der Waals surface area contributed by atoms with E-state index < -0.39 is 0 Å². The van der Waals surface area contributed by atoms with Gasteiger partial charge in [0, 0.05) is 5.56 Å². The first-order chi connectivity index (χ1) is 9.56. The summed E-state index contributed by atoms with van der Waals surface area (Å²) in [5, 5.41) is 13.8. The molecule has 0 heterocycles. The Bertz CT molecular complexity index is 615. The van der Waals surface area contributed by atoms with Crippen molar-refractivity contribution >= 4 is 5.71 Å². The summed E-state index contributed by atoms with van der Waals surface area (Å²) in [6.07, 6.45) is 0. The lowest BCUT2D eigenvalue weighted by atomic mass is 10.1. The maximum absolute atomic E-state index is 9.68. The molecule has 0 fully saturated rings. The number of hydrogen-bond donors (Lipinski definition) is 1. The number of hydrogen-bond acceptors (Lipinski definition) is 3. The van der Waals surface area contributed by atoms with Crippen molar-refractivity contribution in [1.82, 2.24) is 0 Å². The Morgan fingerprint density at radius 2 is 1.80 bits per heavy atom. The van der Waals surface area contributed by atoms with Crippen molar-refractivity contribution in [2.45, 2.75) is 27.4 Å². The molecule has 0 saturated heterocycles. The summed E-state index contributed by atoms with van der Waals surface area (Å²) in [7, 11) is 0. The van der Waals surface area contributed by atoms with E-state index in [1.54, 1.807) is 6.07 Å². The smallest absolute Gasteiger partial charge is 0.142 e. The quantitative estimate of drug-likeness (QED) is 0.674. The number of benzene rings is 2. The summed E-state index contributed by atoms with van der Waals surface area (Å²) in [4.78, 5) is 5.35. The van der Waals surface area contributed by atoms with Gasteiger partial charge in [0.05, 0.1) is 5.71 Å². The van der Waals surface area contributed by atoms with Gasteiger partial charge in [-0.05, 0) is 38.0 Å². The molecular formula is C17H19NO2. The zero-order valence-electron chi connectivity index (χ0n) is 12.1. The van der Waals surface area contributed by atoms with Crippen LogP contribution in [0.15, 0.2) is 47.6 Å². The Morgan fingerprint density at radius 1 is 1.10 bits per heavy atom. The fourth-order valence-corrected chi connectivity index (χ4v) is 1.78. The van der Waals surface area contributed by atoms with E-state index in [0.29, 0.717) is 6.61 Å². The van der Waals surface area contributed by atoms with Gasteiger partial charge in [0.15, 0.2) is 0 Å². The van der Waals surface area contributed by atoms with Gasteiger partial charge >= 0.3 is 0 Å². The first-order valence-corrected chi connectivity index (χ1v) is 6.58. The fourth-order valence-electron chi connectivity index (χ4n) is 1.78. The third-order valence-corrected chi connectivity index (χ3v) is 3.18. The molecule has 104 valence electrons. The Labute approximate surface area is 119 Å². The second-order valence-corrected chi connectivity index (χ2v) is 4.94. The zero-order chi connectivity index (χ0) is 14.5. The van der Waals surface area contributed by atoms with E-state index in [9.17, 15) is 5.11 Å². The van der Waals surface area contributed by atoms with Crippen molar-refractivity contribution in [2.75, 3.05) is 0 Å². The zero-order valence-corrected chi connectivity index (χ0v) is 12.1. The Hall–Kier alpha value is -2.29. The van der Waals surface area contributed by atoms with Crippen LogP contribution in [0.4, 0.5) is 0 Å². The molecule has 0 amide bonds. The van der Waals surface area contributed by atoms with Crippen molar-refractivity contribution in [3.63, 3.8) is 0 Å². The summed E-state index contributed by atoms with van der Waals surface area (Å²) >= 11 is 0. The van der Waals surface area contributed by atoms with E-state index in [1.807, 2.05) is 50.2 Å². The maximum Gasteiger partial charge on any atom is 0.142 e. The van der Waals surface area contributed by atoms with Crippen molar-refractivity contribution in [1.29, 1.82) is 0 Å². The minimum Gasteiger partial charge on any atom is -0.508 e. The highest BCUT2D eigenvalue weighted by Crippen LogP contribution is 2.18. The predicted octanol–water partition coefficient (Wildman–Crippen LogP) is 3.95. The number of aromatic hydroxyl groups is 1. The topological polar surface area (TPSA) is 41.8 Å². The standard InChI is InChI=1S/C17H19NO2/c1-12-4-7-15(8-5-12)11-20-18-14(3)16-9-6-13(2)17(19)10-16/h4-10,19H,11H2,1-3H3/b18-14+. The van der Waals surface area contributed by atoms with Gasteiger partial charge in [-0.2, -0.15) is 0 Å². The lowest BCUT2D eigenvalue weighted by molar-refractivity contribution is 0.130. The van der Waals surface area contributed by atoms with Gasteiger partial charge in [-0.15, -0.1) is 0 Å². The lowest BCUT2D eigenvalue weighted by Crippen LogP contribution is -1.97. The first-order valence-electron chi connectivity index (χ1n) is 6.58. The van der Waals surface area contributed by atoms with Gasteiger partial charge in [0.1, 0.15) is 12.4 Å². The Kier molecular flexibility index (Phi) is 4.41. The van der Waals surface area contributed by atoms with Crippen LogP contribution in [0.5, 0.6) is 5.75 Å². The lowest BCUT2D eigenvalue weighted by Gasteiger charge is -2.05. The van der Waals surface area contributed by atoms with Crippen LogP contribution in [0.1, 0.15) is 29.2 Å². The van der Waals surface area contributed by atoms with Crippen LogP contribution < -0.4 is 0 Å². The summed E-state index contributed by atoms with van der Waals surface area (Å²) < 4.78 is 0. The largest absolute Gasteiger partial charge is 0.508 e. The fraction of sp³-hybridized carbons (Fsp3) is 0.235. The van der Waals surface area contributed by atoms with E-state index in [4.69, 9.17) is 4.84 Å². The third kappa shape index (κ3) is 3.60. The summed E-state index contributed by atoms with van der Waals surface area (Å²) in [5.41, 5.74) is 4.76. The van der Waals surface area contributed by atoms with Crippen LogP contribution in [0.25, 0.3) is 0 Å². The van der Waals surface area contributed by atoms with Crippen LogP contribution >= 0.6 is 0 Å². The van der Waals surface area contributed by atoms with Gasteiger partial charge in [-0.3, -0.25) is 0 Å². The van der Waals surface area contributed by atoms with Crippen LogP contribution in [0, 0.1) is 13.8 Å². The van der Waals surface area contributed by atoms with Gasteiger partial charge in [-0.1, -0.05) is 47.1 Å². The second kappa shape index (κ2) is 6.24. The molecule has 2 rings (SSSR count). The number of nitrogens with zero attached hydrogens (tertiary/aromatic N) is 1. The van der Waals surface area contributed by atoms with Crippen LogP contribution in [-0.4, -0.2) is 10.8 Å². The van der Waals surface area contributed by atoms with Crippen LogP contribution in [0.3, 0.4) is 0 Å². The van der Waals surface area contributed by atoms with E-state index in [2.05, 4.69) is 12.1 Å². The molecule has 3 heteroatoms. The highest BCUT2D eigenvalue weighted by molar-refractivity contribution is 5.98. The molecule has 0 spiro atoms. The average Bonchev–Trinajstić information content (AvgIpc) is 2.44. The highest BCUT2D eigenvalue weighted by atomic mass is 16.6.